The van der Waals surface area contributed by atoms with Gasteiger partial charge in [0.1, 0.15) is 5.56 Å². The van der Waals surface area contributed by atoms with Gasteiger partial charge in [-0.3, -0.25) is 4.98 Å². The summed E-state index contributed by atoms with van der Waals surface area (Å²) in [5, 5.41) is 13.2. The Kier molecular flexibility index (Phi) is 3.18. The van der Waals surface area contributed by atoms with Crippen molar-refractivity contribution in [1.82, 2.24) is 14.8 Å². The molecule has 0 radical (unpaired) electrons. The van der Waals surface area contributed by atoms with Crippen LogP contribution in [-0.2, 0) is 6.42 Å². The Hall–Kier alpha value is -2.17. The van der Waals surface area contributed by atoms with E-state index in [-0.39, 0.29) is 5.56 Å². The minimum Gasteiger partial charge on any atom is -0.478 e. The van der Waals surface area contributed by atoms with Gasteiger partial charge in [0.05, 0.1) is 17.6 Å². The highest BCUT2D eigenvalue weighted by Gasteiger charge is 2.16. The van der Waals surface area contributed by atoms with Gasteiger partial charge in [-0.2, -0.15) is 5.10 Å². The van der Waals surface area contributed by atoms with Crippen LogP contribution in [0.4, 0.5) is 0 Å². The molecule has 0 saturated heterocycles. The van der Waals surface area contributed by atoms with Crippen LogP contribution in [0.2, 0.25) is 0 Å². The first-order valence-corrected chi connectivity index (χ1v) is 5.44. The van der Waals surface area contributed by atoms with Gasteiger partial charge in [0.25, 0.3) is 0 Å². The molecule has 5 nitrogen and oxygen atoms in total. The maximum Gasteiger partial charge on any atom is 0.339 e. The van der Waals surface area contributed by atoms with Crippen molar-refractivity contribution in [2.75, 3.05) is 0 Å². The number of carbonyl (C=O) groups is 1. The fourth-order valence-electron chi connectivity index (χ4n) is 1.74. The standard InChI is InChI=1S/C12H13N3O2/c1-2-3-11-10(12(16)17)8-14-15(11)9-4-6-13-7-5-9/h4-8H,2-3H2,1H3,(H,16,17). The van der Waals surface area contributed by atoms with Gasteiger partial charge >= 0.3 is 5.97 Å². The molecule has 0 unspecified atom stereocenters. The summed E-state index contributed by atoms with van der Waals surface area (Å²) >= 11 is 0. The van der Waals surface area contributed by atoms with E-state index in [9.17, 15) is 4.79 Å². The Morgan fingerprint density at radius 2 is 2.12 bits per heavy atom. The third kappa shape index (κ3) is 2.18. The molecule has 2 heterocycles. The lowest BCUT2D eigenvalue weighted by Crippen LogP contribution is -2.06. The third-order valence-corrected chi connectivity index (χ3v) is 2.49. The van der Waals surface area contributed by atoms with Gasteiger partial charge < -0.3 is 5.11 Å². The minimum absolute atomic E-state index is 0.267. The van der Waals surface area contributed by atoms with Gasteiger partial charge in [0, 0.05) is 12.4 Å². The number of carboxylic acids is 1. The molecule has 2 rings (SSSR count). The van der Waals surface area contributed by atoms with Crippen LogP contribution in [0.5, 0.6) is 0 Å². The van der Waals surface area contributed by atoms with Crippen LogP contribution in [0.3, 0.4) is 0 Å². The lowest BCUT2D eigenvalue weighted by molar-refractivity contribution is 0.0695. The van der Waals surface area contributed by atoms with Crippen LogP contribution in [0, 0.1) is 0 Å². The molecule has 2 aromatic heterocycles. The fraction of sp³-hybridized carbons (Fsp3) is 0.250. The number of aromatic nitrogens is 3. The second-order valence-corrected chi connectivity index (χ2v) is 3.68. The number of aromatic carboxylic acids is 1. The Morgan fingerprint density at radius 1 is 1.41 bits per heavy atom. The molecule has 0 amide bonds. The Balaban J connectivity index is 2.51. The Bertz CT molecular complexity index is 520. The number of hydrogen-bond donors (Lipinski definition) is 1. The molecule has 0 saturated carbocycles. The van der Waals surface area contributed by atoms with E-state index in [0.29, 0.717) is 6.42 Å². The lowest BCUT2D eigenvalue weighted by Gasteiger charge is -2.06. The molecule has 5 heteroatoms. The van der Waals surface area contributed by atoms with E-state index in [0.717, 1.165) is 17.8 Å². The van der Waals surface area contributed by atoms with Crippen molar-refractivity contribution >= 4 is 5.97 Å². The summed E-state index contributed by atoms with van der Waals surface area (Å²) in [6.45, 7) is 2.01. The molecule has 0 spiro atoms. The number of hydrogen-bond acceptors (Lipinski definition) is 3. The van der Waals surface area contributed by atoms with Gasteiger partial charge in [0.2, 0.25) is 0 Å². The van der Waals surface area contributed by atoms with E-state index in [1.807, 2.05) is 6.92 Å². The van der Waals surface area contributed by atoms with Crippen LogP contribution in [0.25, 0.3) is 5.69 Å². The van der Waals surface area contributed by atoms with E-state index in [1.54, 1.807) is 29.2 Å². The SMILES string of the molecule is CCCc1c(C(=O)O)cnn1-c1ccncc1. The van der Waals surface area contributed by atoms with Gasteiger partial charge in [-0.1, -0.05) is 13.3 Å². The minimum atomic E-state index is -0.936. The molecule has 17 heavy (non-hydrogen) atoms. The van der Waals surface area contributed by atoms with Gasteiger partial charge in [-0.05, 0) is 18.6 Å². The molecule has 1 N–H and O–H groups in total. The molecular formula is C12H13N3O2. The first-order chi connectivity index (χ1) is 8.24. The maximum absolute atomic E-state index is 11.1. The highest BCUT2D eigenvalue weighted by molar-refractivity contribution is 5.88. The molecule has 0 bridgehead atoms. The summed E-state index contributed by atoms with van der Waals surface area (Å²) in [6, 6.07) is 3.61. The number of nitrogens with zero attached hydrogens (tertiary/aromatic N) is 3. The first kappa shape index (κ1) is 11.3. The lowest BCUT2D eigenvalue weighted by atomic mass is 10.1. The van der Waals surface area contributed by atoms with Gasteiger partial charge in [-0.15, -0.1) is 0 Å². The highest BCUT2D eigenvalue weighted by atomic mass is 16.4. The smallest absolute Gasteiger partial charge is 0.339 e. The average molecular weight is 231 g/mol. The molecule has 0 aliphatic rings. The van der Waals surface area contributed by atoms with Crippen LogP contribution < -0.4 is 0 Å². The summed E-state index contributed by atoms with van der Waals surface area (Å²) in [5.41, 5.74) is 1.82. The van der Waals surface area contributed by atoms with Crippen molar-refractivity contribution in [3.05, 3.63) is 42.0 Å². The van der Waals surface area contributed by atoms with Crippen molar-refractivity contribution in [1.29, 1.82) is 0 Å². The normalized spacial score (nSPS) is 10.4. The number of pyridine rings is 1. The van der Waals surface area contributed by atoms with Crippen LogP contribution in [-0.4, -0.2) is 25.8 Å². The summed E-state index contributed by atoms with van der Waals surface area (Å²) in [4.78, 5) is 15.0. The second-order valence-electron chi connectivity index (χ2n) is 3.68. The highest BCUT2D eigenvalue weighted by Crippen LogP contribution is 2.16. The largest absolute Gasteiger partial charge is 0.478 e. The first-order valence-electron chi connectivity index (χ1n) is 5.44. The molecule has 88 valence electrons. The number of rotatable bonds is 4. The zero-order valence-corrected chi connectivity index (χ0v) is 9.50. The molecular weight excluding hydrogens is 218 g/mol. The average Bonchev–Trinajstić information content (AvgIpc) is 2.75. The fourth-order valence-corrected chi connectivity index (χ4v) is 1.74. The Morgan fingerprint density at radius 3 is 2.71 bits per heavy atom. The molecule has 0 atom stereocenters. The molecule has 0 fully saturated rings. The van der Waals surface area contributed by atoms with E-state index >= 15 is 0 Å². The zero-order valence-electron chi connectivity index (χ0n) is 9.50. The van der Waals surface area contributed by atoms with Gasteiger partial charge in [0.15, 0.2) is 0 Å². The maximum atomic E-state index is 11.1. The second kappa shape index (κ2) is 4.78. The summed E-state index contributed by atoms with van der Waals surface area (Å²) < 4.78 is 1.66. The Labute approximate surface area is 98.7 Å². The van der Waals surface area contributed by atoms with Crippen LogP contribution in [0.15, 0.2) is 30.7 Å². The zero-order chi connectivity index (χ0) is 12.3. The van der Waals surface area contributed by atoms with E-state index in [1.165, 1.54) is 6.20 Å². The van der Waals surface area contributed by atoms with Crippen molar-refractivity contribution in [2.45, 2.75) is 19.8 Å². The third-order valence-electron chi connectivity index (χ3n) is 2.49. The van der Waals surface area contributed by atoms with Crippen molar-refractivity contribution in [2.24, 2.45) is 0 Å². The van der Waals surface area contributed by atoms with E-state index < -0.39 is 5.97 Å². The summed E-state index contributed by atoms with van der Waals surface area (Å²) in [7, 11) is 0. The van der Waals surface area contributed by atoms with Crippen molar-refractivity contribution < 1.29 is 9.90 Å². The van der Waals surface area contributed by atoms with Crippen LogP contribution in [0.1, 0.15) is 29.4 Å². The van der Waals surface area contributed by atoms with Gasteiger partial charge in [-0.25, -0.2) is 9.48 Å². The van der Waals surface area contributed by atoms with E-state index in [2.05, 4.69) is 10.1 Å². The van der Waals surface area contributed by atoms with E-state index in [4.69, 9.17) is 5.11 Å². The topological polar surface area (TPSA) is 68.0 Å². The molecule has 2 aromatic rings. The molecule has 0 aliphatic heterocycles. The summed E-state index contributed by atoms with van der Waals surface area (Å²) in [6.07, 6.45) is 6.27. The predicted molar refractivity (Wildman–Crippen MR) is 62.3 cm³/mol. The van der Waals surface area contributed by atoms with Crippen LogP contribution >= 0.6 is 0 Å². The molecule has 0 aliphatic carbocycles. The quantitative estimate of drug-likeness (QED) is 0.872. The monoisotopic (exact) mass is 231 g/mol. The number of carboxylic acid groups (broad SMARTS) is 1. The van der Waals surface area contributed by atoms with Crippen molar-refractivity contribution in [3.8, 4) is 5.69 Å². The van der Waals surface area contributed by atoms with Crippen molar-refractivity contribution in [3.63, 3.8) is 0 Å². The predicted octanol–water partition coefficient (Wildman–Crippen LogP) is 1.92. The summed E-state index contributed by atoms with van der Waals surface area (Å²) in [5.74, 6) is -0.936. The molecule has 0 aromatic carbocycles.